The number of hydrogen-bond donors (Lipinski definition) is 2. The van der Waals surface area contributed by atoms with Crippen molar-refractivity contribution in [1.82, 2.24) is 10.6 Å². The molecule has 1 aliphatic heterocycles. The molecular weight excluding hydrogens is 212 g/mol. The second-order valence-electron chi connectivity index (χ2n) is 5.84. The van der Waals surface area contributed by atoms with Crippen LogP contribution < -0.4 is 10.6 Å². The van der Waals surface area contributed by atoms with Gasteiger partial charge in [0, 0.05) is 18.5 Å². The lowest BCUT2D eigenvalue weighted by molar-refractivity contribution is -0.125. The fraction of sp³-hybridized carbons (Fsp3) is 0.929. The van der Waals surface area contributed by atoms with Crippen molar-refractivity contribution in [3.8, 4) is 0 Å². The summed E-state index contributed by atoms with van der Waals surface area (Å²) in [6.07, 6.45) is 8.81. The van der Waals surface area contributed by atoms with E-state index in [4.69, 9.17) is 0 Å². The lowest BCUT2D eigenvalue weighted by atomic mass is 9.93. The van der Waals surface area contributed by atoms with Crippen LogP contribution in [0.15, 0.2) is 0 Å². The molecule has 3 heteroatoms. The summed E-state index contributed by atoms with van der Waals surface area (Å²) in [5.74, 6) is 1.27. The number of piperidine rings is 1. The largest absolute Gasteiger partial charge is 0.352 e. The highest BCUT2D eigenvalue weighted by atomic mass is 16.1. The Morgan fingerprint density at radius 1 is 1.29 bits per heavy atom. The molecule has 2 unspecified atom stereocenters. The molecule has 1 saturated carbocycles. The van der Waals surface area contributed by atoms with E-state index >= 15 is 0 Å². The van der Waals surface area contributed by atoms with Crippen LogP contribution in [0.5, 0.6) is 0 Å². The van der Waals surface area contributed by atoms with Crippen molar-refractivity contribution in [3.05, 3.63) is 0 Å². The van der Waals surface area contributed by atoms with Gasteiger partial charge in [-0.15, -0.1) is 0 Å². The van der Waals surface area contributed by atoms with E-state index in [2.05, 4.69) is 17.6 Å². The smallest absolute Gasteiger partial charge is 0.223 e. The minimum absolute atomic E-state index is 0.194. The number of amides is 1. The minimum atomic E-state index is 0.194. The number of rotatable bonds is 4. The zero-order valence-corrected chi connectivity index (χ0v) is 11.0. The van der Waals surface area contributed by atoms with Gasteiger partial charge in [0.25, 0.3) is 0 Å². The maximum absolute atomic E-state index is 12.1. The first-order valence-electron chi connectivity index (χ1n) is 7.27. The van der Waals surface area contributed by atoms with Crippen molar-refractivity contribution in [2.75, 3.05) is 13.1 Å². The third-order valence-corrected chi connectivity index (χ3v) is 4.25. The fourth-order valence-electron chi connectivity index (χ4n) is 3.17. The molecule has 1 aliphatic carbocycles. The summed E-state index contributed by atoms with van der Waals surface area (Å²) in [6, 6.07) is 0.363. The van der Waals surface area contributed by atoms with Gasteiger partial charge in [0.2, 0.25) is 5.91 Å². The van der Waals surface area contributed by atoms with Crippen LogP contribution in [-0.4, -0.2) is 25.0 Å². The van der Waals surface area contributed by atoms with Gasteiger partial charge in [-0.05, 0) is 31.7 Å². The van der Waals surface area contributed by atoms with E-state index < -0.39 is 0 Å². The van der Waals surface area contributed by atoms with Gasteiger partial charge >= 0.3 is 0 Å². The molecule has 0 aromatic carbocycles. The second kappa shape index (κ2) is 6.39. The van der Waals surface area contributed by atoms with Crippen molar-refractivity contribution in [3.63, 3.8) is 0 Å². The summed E-state index contributed by atoms with van der Waals surface area (Å²) in [7, 11) is 0. The molecule has 1 heterocycles. The van der Waals surface area contributed by atoms with Gasteiger partial charge in [-0.1, -0.05) is 32.6 Å². The molecule has 3 nitrogen and oxygen atoms in total. The molecule has 0 radical (unpaired) electrons. The topological polar surface area (TPSA) is 41.1 Å². The summed E-state index contributed by atoms with van der Waals surface area (Å²) in [5, 5.41) is 6.53. The highest BCUT2D eigenvalue weighted by Crippen LogP contribution is 2.30. The van der Waals surface area contributed by atoms with E-state index in [0.29, 0.717) is 6.04 Å². The Labute approximate surface area is 105 Å². The molecule has 2 rings (SSSR count). The highest BCUT2D eigenvalue weighted by Gasteiger charge is 2.23. The minimum Gasteiger partial charge on any atom is -0.352 e. The summed E-state index contributed by atoms with van der Waals surface area (Å²) in [5.41, 5.74) is 0. The lowest BCUT2D eigenvalue weighted by Gasteiger charge is -2.26. The van der Waals surface area contributed by atoms with Crippen molar-refractivity contribution < 1.29 is 4.79 Å². The third-order valence-electron chi connectivity index (χ3n) is 4.25. The van der Waals surface area contributed by atoms with Crippen molar-refractivity contribution in [2.24, 2.45) is 11.8 Å². The van der Waals surface area contributed by atoms with E-state index in [0.717, 1.165) is 31.8 Å². The molecule has 2 atom stereocenters. The van der Waals surface area contributed by atoms with Crippen molar-refractivity contribution >= 4 is 5.91 Å². The summed E-state index contributed by atoms with van der Waals surface area (Å²) >= 11 is 0. The number of hydrogen-bond acceptors (Lipinski definition) is 2. The maximum atomic E-state index is 12.1. The Bertz CT molecular complexity index is 243. The summed E-state index contributed by atoms with van der Waals surface area (Å²) < 4.78 is 0. The Kier molecular flexibility index (Phi) is 4.84. The van der Waals surface area contributed by atoms with Crippen LogP contribution in [0.1, 0.15) is 51.9 Å². The number of carbonyl (C=O) groups excluding carboxylic acids is 1. The normalized spacial score (nSPS) is 27.9. The van der Waals surface area contributed by atoms with E-state index in [1.54, 1.807) is 0 Å². The Morgan fingerprint density at radius 3 is 2.71 bits per heavy atom. The highest BCUT2D eigenvalue weighted by molar-refractivity contribution is 5.78. The predicted molar refractivity (Wildman–Crippen MR) is 69.8 cm³/mol. The molecule has 0 aromatic heterocycles. The molecule has 1 saturated heterocycles. The van der Waals surface area contributed by atoms with Gasteiger partial charge in [-0.2, -0.15) is 0 Å². The zero-order valence-electron chi connectivity index (χ0n) is 11.0. The predicted octanol–water partition coefficient (Wildman–Crippen LogP) is 2.07. The first-order chi connectivity index (χ1) is 8.25. The van der Waals surface area contributed by atoms with E-state index in [1.807, 2.05) is 0 Å². The first kappa shape index (κ1) is 12.9. The molecule has 0 spiro atoms. The SMILES string of the molecule is CC(CC1CCCC1)C(=O)NC1CCCNC1. The van der Waals surface area contributed by atoms with Gasteiger partial charge < -0.3 is 10.6 Å². The molecule has 0 bridgehead atoms. The van der Waals surface area contributed by atoms with Gasteiger partial charge in [0.1, 0.15) is 0 Å². The Morgan fingerprint density at radius 2 is 2.06 bits per heavy atom. The standard InChI is InChI=1S/C14H26N2O/c1-11(9-12-5-2-3-6-12)14(17)16-13-7-4-8-15-10-13/h11-13,15H,2-10H2,1H3,(H,16,17). The zero-order chi connectivity index (χ0) is 12.1. The van der Waals surface area contributed by atoms with Crippen LogP contribution in [0.2, 0.25) is 0 Å². The van der Waals surface area contributed by atoms with Crippen LogP contribution in [-0.2, 0) is 4.79 Å². The van der Waals surface area contributed by atoms with Crippen LogP contribution in [0.3, 0.4) is 0 Å². The summed E-state index contributed by atoms with van der Waals surface area (Å²) in [6.45, 7) is 4.13. The third kappa shape index (κ3) is 3.98. The maximum Gasteiger partial charge on any atom is 0.223 e. The van der Waals surface area contributed by atoms with Gasteiger partial charge in [-0.3, -0.25) is 4.79 Å². The molecule has 17 heavy (non-hydrogen) atoms. The summed E-state index contributed by atoms with van der Waals surface area (Å²) in [4.78, 5) is 12.1. The Balaban J connectivity index is 1.70. The van der Waals surface area contributed by atoms with E-state index in [1.165, 1.54) is 32.1 Å². The molecule has 0 aromatic rings. The molecule has 2 N–H and O–H groups in total. The van der Waals surface area contributed by atoms with Crippen molar-refractivity contribution in [2.45, 2.75) is 57.9 Å². The molecule has 1 amide bonds. The van der Waals surface area contributed by atoms with Gasteiger partial charge in [-0.25, -0.2) is 0 Å². The number of carbonyl (C=O) groups is 1. The molecular formula is C14H26N2O. The quantitative estimate of drug-likeness (QED) is 0.787. The second-order valence-corrected chi connectivity index (χ2v) is 5.84. The monoisotopic (exact) mass is 238 g/mol. The van der Waals surface area contributed by atoms with Crippen LogP contribution in [0, 0.1) is 11.8 Å². The molecule has 2 fully saturated rings. The lowest BCUT2D eigenvalue weighted by Crippen LogP contribution is -2.47. The molecule has 2 aliphatic rings. The van der Waals surface area contributed by atoms with Gasteiger partial charge in [0.15, 0.2) is 0 Å². The Hall–Kier alpha value is -0.570. The van der Waals surface area contributed by atoms with Crippen LogP contribution in [0.4, 0.5) is 0 Å². The first-order valence-corrected chi connectivity index (χ1v) is 7.27. The average Bonchev–Trinajstić information content (AvgIpc) is 2.83. The van der Waals surface area contributed by atoms with Gasteiger partial charge in [0.05, 0.1) is 0 Å². The molecule has 98 valence electrons. The average molecular weight is 238 g/mol. The van der Waals surface area contributed by atoms with E-state index in [9.17, 15) is 4.79 Å². The van der Waals surface area contributed by atoms with E-state index in [-0.39, 0.29) is 11.8 Å². The fourth-order valence-corrected chi connectivity index (χ4v) is 3.17. The van der Waals surface area contributed by atoms with Crippen LogP contribution >= 0.6 is 0 Å². The number of nitrogens with one attached hydrogen (secondary N) is 2. The van der Waals surface area contributed by atoms with Crippen LogP contribution in [0.25, 0.3) is 0 Å². The van der Waals surface area contributed by atoms with Crippen molar-refractivity contribution in [1.29, 1.82) is 0 Å².